The molecule has 0 radical (unpaired) electrons. The van der Waals surface area contributed by atoms with Gasteiger partial charge in [-0.1, -0.05) is 68.9 Å². The Bertz CT molecular complexity index is 788. The first-order chi connectivity index (χ1) is 15.3. The van der Waals surface area contributed by atoms with E-state index in [4.69, 9.17) is 4.74 Å². The van der Waals surface area contributed by atoms with Crippen LogP contribution in [0.15, 0.2) is 54.6 Å². The first-order valence-corrected chi connectivity index (χ1v) is 11.8. The van der Waals surface area contributed by atoms with E-state index in [1.807, 2.05) is 35.2 Å². The largest absolute Gasteiger partial charge is 0.494 e. The molecule has 4 nitrogen and oxygen atoms in total. The summed E-state index contributed by atoms with van der Waals surface area (Å²) >= 11 is 0. The Kier molecular flexibility index (Phi) is 9.62. The van der Waals surface area contributed by atoms with Gasteiger partial charge < -0.3 is 9.64 Å². The molecule has 1 saturated heterocycles. The van der Waals surface area contributed by atoms with E-state index in [9.17, 15) is 9.59 Å². The number of unbranched alkanes of at least 4 members (excludes halogenated alkanes) is 6. The number of amides is 1. The number of hydrogen-bond acceptors (Lipinski definition) is 3. The lowest BCUT2D eigenvalue weighted by atomic mass is 9.99. The van der Waals surface area contributed by atoms with Crippen molar-refractivity contribution in [2.24, 2.45) is 5.92 Å². The van der Waals surface area contributed by atoms with Crippen LogP contribution in [0.3, 0.4) is 0 Å². The molecule has 1 atom stereocenters. The minimum atomic E-state index is 0.237. The van der Waals surface area contributed by atoms with Gasteiger partial charge in [0.1, 0.15) is 12.0 Å². The summed E-state index contributed by atoms with van der Waals surface area (Å²) in [7, 11) is 0. The highest BCUT2D eigenvalue weighted by Gasteiger charge is 2.30. The number of carbonyl (C=O) groups excluding carboxylic acids is 2. The molecule has 1 aliphatic rings. The third-order valence-electron chi connectivity index (χ3n) is 6.11. The quantitative estimate of drug-likeness (QED) is 0.276. The van der Waals surface area contributed by atoms with E-state index >= 15 is 0 Å². The highest BCUT2D eigenvalue weighted by molar-refractivity contribution is 5.80. The molecular weight excluding hydrogens is 386 g/mol. The molecule has 1 fully saturated rings. The highest BCUT2D eigenvalue weighted by Crippen LogP contribution is 2.25. The van der Waals surface area contributed by atoms with Crippen LogP contribution in [0.25, 0.3) is 0 Å². The lowest BCUT2D eigenvalue weighted by molar-refractivity contribution is -0.131. The predicted octanol–water partition coefficient (Wildman–Crippen LogP) is 6.05. The molecular formula is C27H35NO3. The van der Waals surface area contributed by atoms with Crippen LogP contribution in [0.4, 0.5) is 0 Å². The monoisotopic (exact) mass is 421 g/mol. The Labute approximate surface area is 186 Å². The van der Waals surface area contributed by atoms with Crippen molar-refractivity contribution >= 4 is 12.2 Å². The van der Waals surface area contributed by atoms with Crippen molar-refractivity contribution in [1.29, 1.82) is 0 Å². The zero-order valence-corrected chi connectivity index (χ0v) is 18.5. The first-order valence-electron chi connectivity index (χ1n) is 11.8. The molecule has 1 amide bonds. The summed E-state index contributed by atoms with van der Waals surface area (Å²) < 4.78 is 5.71. The third-order valence-corrected chi connectivity index (χ3v) is 6.11. The Morgan fingerprint density at radius 2 is 1.55 bits per heavy atom. The third kappa shape index (κ3) is 7.86. The molecule has 0 unspecified atom stereocenters. The maximum atomic E-state index is 12.6. The molecule has 0 aliphatic carbocycles. The van der Waals surface area contributed by atoms with Crippen LogP contribution in [0.1, 0.15) is 73.7 Å². The summed E-state index contributed by atoms with van der Waals surface area (Å²) in [5.41, 5.74) is 1.90. The molecule has 0 saturated carbocycles. The van der Waals surface area contributed by atoms with E-state index in [0.29, 0.717) is 11.5 Å². The van der Waals surface area contributed by atoms with E-state index in [-0.39, 0.29) is 5.92 Å². The highest BCUT2D eigenvalue weighted by atomic mass is 16.5. The zero-order valence-electron chi connectivity index (χ0n) is 18.5. The van der Waals surface area contributed by atoms with Crippen molar-refractivity contribution in [3.63, 3.8) is 0 Å². The first kappa shape index (κ1) is 23.1. The maximum absolute atomic E-state index is 12.6. The van der Waals surface area contributed by atoms with Gasteiger partial charge >= 0.3 is 0 Å². The predicted molar refractivity (Wildman–Crippen MR) is 124 cm³/mol. The number of ether oxygens (including phenoxy) is 1. The van der Waals surface area contributed by atoms with Gasteiger partial charge in [-0.25, -0.2) is 0 Å². The fraction of sp³-hybridized carbons (Fsp3) is 0.481. The van der Waals surface area contributed by atoms with Gasteiger partial charge in [0.2, 0.25) is 5.91 Å². The second-order valence-electron chi connectivity index (χ2n) is 8.53. The van der Waals surface area contributed by atoms with E-state index in [0.717, 1.165) is 57.4 Å². The molecule has 31 heavy (non-hydrogen) atoms. The summed E-state index contributed by atoms with van der Waals surface area (Å²) in [6.45, 7) is 2.38. The van der Waals surface area contributed by atoms with Crippen molar-refractivity contribution in [2.45, 2.75) is 64.3 Å². The Hall–Kier alpha value is -2.62. The molecule has 166 valence electrons. The summed E-state index contributed by atoms with van der Waals surface area (Å²) in [4.78, 5) is 25.3. The Morgan fingerprint density at radius 3 is 2.26 bits per heavy atom. The molecule has 1 aliphatic heterocycles. The van der Waals surface area contributed by atoms with Crippen LogP contribution in [0.5, 0.6) is 5.75 Å². The van der Waals surface area contributed by atoms with E-state index in [1.54, 1.807) is 12.1 Å². The van der Waals surface area contributed by atoms with Gasteiger partial charge in [-0.05, 0) is 49.1 Å². The molecule has 4 heteroatoms. The normalized spacial score (nSPS) is 15.9. The Balaban J connectivity index is 1.17. The number of carbonyl (C=O) groups is 2. The Morgan fingerprint density at radius 1 is 0.871 bits per heavy atom. The SMILES string of the molecule is O=Cc1ccc(OCCCCCCCCC[C@H]2CCN(Cc3ccccc3)C2=O)cc1. The van der Waals surface area contributed by atoms with Crippen molar-refractivity contribution < 1.29 is 14.3 Å². The molecule has 3 rings (SSSR count). The standard InChI is InChI=1S/C27H35NO3/c29-22-24-14-16-26(17-15-24)31-20-10-5-3-1-2-4-9-13-25-18-19-28(27(25)30)21-23-11-7-6-8-12-23/h6-8,11-12,14-17,22,25H,1-5,9-10,13,18-21H2/t25-/m0/s1. The number of likely N-dealkylation sites (tertiary alicyclic amines) is 1. The smallest absolute Gasteiger partial charge is 0.226 e. The number of hydrogen-bond donors (Lipinski definition) is 0. The average Bonchev–Trinajstić information content (AvgIpc) is 3.15. The summed E-state index contributed by atoms with van der Waals surface area (Å²) in [5.74, 6) is 1.42. The van der Waals surface area contributed by atoms with E-state index in [1.165, 1.54) is 37.7 Å². The second kappa shape index (κ2) is 12.9. The number of rotatable bonds is 14. The minimum absolute atomic E-state index is 0.237. The average molecular weight is 422 g/mol. The van der Waals surface area contributed by atoms with Gasteiger partial charge in [0.05, 0.1) is 6.61 Å². The van der Waals surface area contributed by atoms with Gasteiger partial charge in [-0.15, -0.1) is 0 Å². The van der Waals surface area contributed by atoms with Crippen LogP contribution in [0.2, 0.25) is 0 Å². The van der Waals surface area contributed by atoms with Crippen molar-refractivity contribution in [3.05, 3.63) is 65.7 Å². The molecule has 2 aromatic carbocycles. The van der Waals surface area contributed by atoms with Gasteiger partial charge in [0.25, 0.3) is 0 Å². The molecule has 0 aromatic heterocycles. The lowest BCUT2D eigenvalue weighted by Gasteiger charge is -2.16. The summed E-state index contributed by atoms with van der Waals surface area (Å²) in [6.07, 6.45) is 11.3. The van der Waals surface area contributed by atoms with Gasteiger partial charge in [0, 0.05) is 24.6 Å². The van der Waals surface area contributed by atoms with Gasteiger partial charge in [0.15, 0.2) is 0 Å². The lowest BCUT2D eigenvalue weighted by Crippen LogP contribution is -2.26. The van der Waals surface area contributed by atoms with Crippen LogP contribution in [-0.2, 0) is 11.3 Å². The summed E-state index contributed by atoms with van der Waals surface area (Å²) in [6, 6.07) is 17.5. The molecule has 0 spiro atoms. The minimum Gasteiger partial charge on any atom is -0.494 e. The van der Waals surface area contributed by atoms with Crippen LogP contribution >= 0.6 is 0 Å². The van der Waals surface area contributed by atoms with Gasteiger partial charge in [-0.2, -0.15) is 0 Å². The summed E-state index contributed by atoms with van der Waals surface area (Å²) in [5, 5.41) is 0. The fourth-order valence-electron chi connectivity index (χ4n) is 4.24. The second-order valence-corrected chi connectivity index (χ2v) is 8.53. The fourth-order valence-corrected chi connectivity index (χ4v) is 4.24. The maximum Gasteiger partial charge on any atom is 0.226 e. The van der Waals surface area contributed by atoms with Crippen LogP contribution in [-0.4, -0.2) is 30.2 Å². The van der Waals surface area contributed by atoms with E-state index in [2.05, 4.69) is 12.1 Å². The number of benzene rings is 2. The number of aldehydes is 1. The van der Waals surface area contributed by atoms with Crippen molar-refractivity contribution in [1.82, 2.24) is 4.90 Å². The molecule has 1 heterocycles. The zero-order chi connectivity index (χ0) is 21.7. The van der Waals surface area contributed by atoms with Crippen molar-refractivity contribution in [2.75, 3.05) is 13.2 Å². The topological polar surface area (TPSA) is 46.6 Å². The number of nitrogens with zero attached hydrogens (tertiary/aromatic N) is 1. The van der Waals surface area contributed by atoms with E-state index < -0.39 is 0 Å². The van der Waals surface area contributed by atoms with Crippen LogP contribution in [0, 0.1) is 5.92 Å². The van der Waals surface area contributed by atoms with Crippen molar-refractivity contribution in [3.8, 4) is 5.75 Å². The molecule has 0 bridgehead atoms. The molecule has 0 N–H and O–H groups in total. The van der Waals surface area contributed by atoms with Gasteiger partial charge in [-0.3, -0.25) is 9.59 Å². The van der Waals surface area contributed by atoms with Crippen LogP contribution < -0.4 is 4.74 Å². The molecule has 2 aromatic rings.